The van der Waals surface area contributed by atoms with Gasteiger partial charge in [-0.25, -0.2) is 4.79 Å². The summed E-state index contributed by atoms with van der Waals surface area (Å²) in [5, 5.41) is 22.5. The molecule has 0 rings (SSSR count). The summed E-state index contributed by atoms with van der Waals surface area (Å²) >= 11 is 0. The molecule has 2 amide bonds. The zero-order valence-electron chi connectivity index (χ0n) is 30.7. The van der Waals surface area contributed by atoms with Gasteiger partial charge in [0.25, 0.3) is 0 Å². The van der Waals surface area contributed by atoms with Crippen LogP contribution in [0.25, 0.3) is 0 Å². The van der Waals surface area contributed by atoms with Crippen molar-refractivity contribution < 1.29 is 34.1 Å². The van der Waals surface area contributed by atoms with Crippen LogP contribution in [-0.4, -0.2) is 59.3 Å². The standard InChI is InChI=1S/C40H68N2O7/c1-3-5-7-9-11-13-14-15-16-17-18-20-22-28-32-39(46)49-35(29-25-21-19-12-10-8-6-4-2)30-26-23-24-27-31-37(44)41-33-38(45)42-36(34-43)40(47)48/h6,8,12,14-15,19,25,29,35-36,43H,3-5,7,9-11,13,16-18,20-24,26-28,30-34H2,1-2H3,(H,41,44)(H,42,45)(H,47,48)/b8-6-,15-14-,19-12-,29-25-. The molecule has 0 aliphatic carbocycles. The van der Waals surface area contributed by atoms with Gasteiger partial charge in [0.2, 0.25) is 11.8 Å². The number of unbranched alkanes of at least 4 members (excludes halogenated alkanes) is 13. The van der Waals surface area contributed by atoms with Crippen LogP contribution in [0.15, 0.2) is 48.6 Å². The molecule has 0 aromatic heterocycles. The summed E-state index contributed by atoms with van der Waals surface area (Å²) in [6.07, 6.45) is 38.7. The largest absolute Gasteiger partial charge is 0.480 e. The molecule has 0 fully saturated rings. The van der Waals surface area contributed by atoms with E-state index in [9.17, 15) is 19.2 Å². The lowest BCUT2D eigenvalue weighted by Crippen LogP contribution is -2.47. The van der Waals surface area contributed by atoms with Gasteiger partial charge in [0.05, 0.1) is 13.2 Å². The van der Waals surface area contributed by atoms with Crippen LogP contribution < -0.4 is 10.6 Å². The minimum Gasteiger partial charge on any atom is -0.480 e. The summed E-state index contributed by atoms with van der Waals surface area (Å²) in [6, 6.07) is -1.39. The molecule has 0 aromatic rings. The summed E-state index contributed by atoms with van der Waals surface area (Å²) in [7, 11) is 0. The number of amides is 2. The summed E-state index contributed by atoms with van der Waals surface area (Å²) < 4.78 is 5.85. The Balaban J connectivity index is 4.36. The molecule has 9 heteroatoms. The van der Waals surface area contributed by atoms with Gasteiger partial charge >= 0.3 is 11.9 Å². The lowest BCUT2D eigenvalue weighted by molar-refractivity contribution is -0.147. The van der Waals surface area contributed by atoms with Crippen LogP contribution in [0, 0.1) is 0 Å². The second-order valence-electron chi connectivity index (χ2n) is 12.6. The van der Waals surface area contributed by atoms with Crippen molar-refractivity contribution in [2.45, 2.75) is 167 Å². The van der Waals surface area contributed by atoms with E-state index in [0.717, 1.165) is 70.6 Å². The maximum Gasteiger partial charge on any atom is 0.328 e. The minimum absolute atomic E-state index is 0.147. The highest BCUT2D eigenvalue weighted by Crippen LogP contribution is 2.14. The molecule has 0 bridgehead atoms. The fraction of sp³-hybridized carbons (Fsp3) is 0.700. The first-order valence-corrected chi connectivity index (χ1v) is 19.0. The number of ether oxygens (including phenoxy) is 1. The van der Waals surface area contributed by atoms with E-state index >= 15 is 0 Å². The fourth-order valence-electron chi connectivity index (χ4n) is 5.11. The van der Waals surface area contributed by atoms with E-state index < -0.39 is 24.5 Å². The number of carbonyl (C=O) groups excluding carboxylic acids is 3. The van der Waals surface area contributed by atoms with Gasteiger partial charge in [-0.1, -0.05) is 114 Å². The number of allylic oxidation sites excluding steroid dienone is 7. The van der Waals surface area contributed by atoms with E-state index in [4.69, 9.17) is 14.9 Å². The molecular weight excluding hydrogens is 620 g/mol. The topological polar surface area (TPSA) is 142 Å². The third-order valence-corrected chi connectivity index (χ3v) is 8.04. The first-order valence-electron chi connectivity index (χ1n) is 19.0. The van der Waals surface area contributed by atoms with Gasteiger partial charge < -0.3 is 25.6 Å². The van der Waals surface area contributed by atoms with Crippen LogP contribution in [0.1, 0.15) is 155 Å². The molecule has 0 aromatic carbocycles. The predicted octanol–water partition coefficient (Wildman–Crippen LogP) is 8.42. The Bertz CT molecular complexity index is 974. The number of aliphatic hydroxyl groups excluding tert-OH is 1. The molecule has 280 valence electrons. The van der Waals surface area contributed by atoms with Crippen molar-refractivity contribution in [1.29, 1.82) is 0 Å². The average molecular weight is 689 g/mol. The maximum absolute atomic E-state index is 12.6. The van der Waals surface area contributed by atoms with Crippen molar-refractivity contribution in [3.8, 4) is 0 Å². The highest BCUT2D eigenvalue weighted by Gasteiger charge is 2.18. The number of nitrogens with one attached hydrogen (secondary N) is 2. The third kappa shape index (κ3) is 31.8. The molecule has 0 spiro atoms. The van der Waals surface area contributed by atoms with Crippen LogP contribution in [0.4, 0.5) is 0 Å². The number of carboxylic acids is 1. The Morgan fingerprint density at radius 1 is 0.653 bits per heavy atom. The monoisotopic (exact) mass is 689 g/mol. The zero-order valence-corrected chi connectivity index (χ0v) is 30.7. The Kier molecular flexibility index (Phi) is 32.4. The number of rotatable bonds is 33. The van der Waals surface area contributed by atoms with Crippen LogP contribution in [0.3, 0.4) is 0 Å². The second kappa shape index (κ2) is 34.7. The zero-order chi connectivity index (χ0) is 36.2. The maximum atomic E-state index is 12.6. The molecule has 0 aliphatic heterocycles. The van der Waals surface area contributed by atoms with E-state index in [1.807, 2.05) is 6.08 Å². The van der Waals surface area contributed by atoms with Crippen LogP contribution in [0.5, 0.6) is 0 Å². The van der Waals surface area contributed by atoms with Gasteiger partial charge in [0, 0.05) is 12.8 Å². The fourth-order valence-corrected chi connectivity index (χ4v) is 5.11. The number of carboxylic acid groups (broad SMARTS) is 1. The van der Waals surface area contributed by atoms with Gasteiger partial charge in [-0.05, 0) is 76.7 Å². The first-order chi connectivity index (χ1) is 23.8. The van der Waals surface area contributed by atoms with Gasteiger partial charge in [0.1, 0.15) is 12.1 Å². The molecule has 2 atom stereocenters. The van der Waals surface area contributed by atoms with Crippen LogP contribution >= 0.6 is 0 Å². The Morgan fingerprint density at radius 2 is 1.22 bits per heavy atom. The van der Waals surface area contributed by atoms with Gasteiger partial charge in [-0.3, -0.25) is 14.4 Å². The summed E-state index contributed by atoms with van der Waals surface area (Å²) in [6.45, 7) is 3.29. The first kappa shape index (κ1) is 45.8. The normalized spacial score (nSPS) is 13.0. The average Bonchev–Trinajstić information content (AvgIpc) is 3.08. The van der Waals surface area contributed by atoms with E-state index in [2.05, 4.69) is 67.0 Å². The summed E-state index contributed by atoms with van der Waals surface area (Å²) in [5.41, 5.74) is 0. The molecular formula is C40H68N2O7. The number of aliphatic hydroxyl groups is 1. The number of hydrogen-bond donors (Lipinski definition) is 4. The Hall–Kier alpha value is -3.20. The van der Waals surface area contributed by atoms with E-state index in [1.165, 1.54) is 51.4 Å². The Morgan fingerprint density at radius 3 is 1.86 bits per heavy atom. The van der Waals surface area contributed by atoms with Gasteiger partial charge in [-0.15, -0.1) is 0 Å². The van der Waals surface area contributed by atoms with Crippen molar-refractivity contribution in [1.82, 2.24) is 10.6 Å². The highest BCUT2D eigenvalue weighted by molar-refractivity contribution is 5.87. The predicted molar refractivity (Wildman–Crippen MR) is 199 cm³/mol. The molecule has 49 heavy (non-hydrogen) atoms. The van der Waals surface area contributed by atoms with E-state index in [-0.39, 0.29) is 30.9 Å². The van der Waals surface area contributed by atoms with Crippen molar-refractivity contribution in [2.75, 3.05) is 13.2 Å². The van der Waals surface area contributed by atoms with E-state index in [0.29, 0.717) is 12.8 Å². The molecule has 0 aliphatic rings. The summed E-state index contributed by atoms with van der Waals surface area (Å²) in [5.74, 6) is -2.45. The van der Waals surface area contributed by atoms with Crippen LogP contribution in [-0.2, 0) is 23.9 Å². The SMILES string of the molecule is CC/C=C\C/C=C\C/C=C\C(CCCCCCC(=O)NCC(=O)NC(CO)C(=O)O)OC(=O)CCCCCCC/C=C\CCCCCCC. The van der Waals surface area contributed by atoms with Crippen molar-refractivity contribution in [2.24, 2.45) is 0 Å². The molecule has 9 nitrogen and oxygen atoms in total. The summed E-state index contributed by atoms with van der Waals surface area (Å²) in [4.78, 5) is 47.3. The molecule has 0 heterocycles. The van der Waals surface area contributed by atoms with Crippen molar-refractivity contribution in [3.63, 3.8) is 0 Å². The molecule has 4 N–H and O–H groups in total. The van der Waals surface area contributed by atoms with Crippen LogP contribution in [0.2, 0.25) is 0 Å². The highest BCUT2D eigenvalue weighted by atomic mass is 16.5. The number of esters is 1. The van der Waals surface area contributed by atoms with E-state index in [1.54, 1.807) is 0 Å². The molecule has 0 saturated heterocycles. The number of carbonyl (C=O) groups is 4. The lowest BCUT2D eigenvalue weighted by atomic mass is 10.1. The Labute approximate surface area is 297 Å². The van der Waals surface area contributed by atoms with Gasteiger partial charge in [-0.2, -0.15) is 0 Å². The quantitative estimate of drug-likeness (QED) is 0.0308. The van der Waals surface area contributed by atoms with Gasteiger partial charge in [0.15, 0.2) is 0 Å². The number of aliphatic carboxylic acids is 1. The molecule has 0 saturated carbocycles. The van der Waals surface area contributed by atoms with Crippen molar-refractivity contribution in [3.05, 3.63) is 48.6 Å². The minimum atomic E-state index is -1.39. The number of hydrogen-bond acceptors (Lipinski definition) is 6. The smallest absolute Gasteiger partial charge is 0.328 e. The second-order valence-corrected chi connectivity index (χ2v) is 12.6. The van der Waals surface area contributed by atoms with Crippen molar-refractivity contribution >= 4 is 23.8 Å². The molecule has 0 radical (unpaired) electrons. The lowest BCUT2D eigenvalue weighted by Gasteiger charge is -2.15. The molecule has 2 unspecified atom stereocenters. The third-order valence-electron chi connectivity index (χ3n) is 8.04.